The number of benzene rings is 1. The minimum atomic E-state index is -0.928. The number of ether oxygens (including phenoxy) is 2. The first-order valence-corrected chi connectivity index (χ1v) is 6.64. The summed E-state index contributed by atoms with van der Waals surface area (Å²) in [6, 6.07) is 3.70. The highest BCUT2D eigenvalue weighted by Gasteiger charge is 2.19. The van der Waals surface area contributed by atoms with E-state index < -0.39 is 23.7 Å². The largest absolute Gasteiger partial charge is 0.468 e. The van der Waals surface area contributed by atoms with E-state index in [0.717, 1.165) is 0 Å². The molecule has 1 atom stereocenters. The first-order chi connectivity index (χ1) is 9.64. The molecule has 1 aromatic carbocycles. The number of halogens is 1. The molecule has 0 fully saturated rings. The predicted octanol–water partition coefficient (Wildman–Crippen LogP) is 2.86. The van der Waals surface area contributed by atoms with Gasteiger partial charge in [-0.25, -0.2) is 4.79 Å². The van der Waals surface area contributed by atoms with E-state index >= 15 is 0 Å². The monoisotopic (exact) mass is 314 g/mol. The van der Waals surface area contributed by atoms with Crippen LogP contribution >= 0.6 is 11.6 Å². The summed E-state index contributed by atoms with van der Waals surface area (Å²) in [5.74, 6) is -0.570. The SMILES string of the molecule is COC(=O)C(N)c1ccc(NC(=O)OC(C)(C)C)c(Cl)c1. The summed E-state index contributed by atoms with van der Waals surface area (Å²) in [7, 11) is 1.25. The Labute approximate surface area is 128 Å². The van der Waals surface area contributed by atoms with Crippen LogP contribution in [0, 0.1) is 0 Å². The molecular weight excluding hydrogens is 296 g/mol. The van der Waals surface area contributed by atoms with E-state index in [1.807, 2.05) is 0 Å². The van der Waals surface area contributed by atoms with Crippen molar-refractivity contribution < 1.29 is 19.1 Å². The van der Waals surface area contributed by atoms with Gasteiger partial charge in [-0.05, 0) is 38.5 Å². The molecule has 1 amide bonds. The van der Waals surface area contributed by atoms with Gasteiger partial charge in [0.05, 0.1) is 17.8 Å². The number of rotatable bonds is 3. The van der Waals surface area contributed by atoms with Crippen LogP contribution in [0.4, 0.5) is 10.5 Å². The quantitative estimate of drug-likeness (QED) is 0.837. The molecule has 116 valence electrons. The van der Waals surface area contributed by atoms with Crippen LogP contribution in [0.2, 0.25) is 5.02 Å². The molecule has 0 aliphatic carbocycles. The second-order valence-electron chi connectivity index (χ2n) is 5.37. The van der Waals surface area contributed by atoms with Gasteiger partial charge in [0.1, 0.15) is 11.6 Å². The topological polar surface area (TPSA) is 90.6 Å². The van der Waals surface area contributed by atoms with Crippen molar-refractivity contribution in [1.29, 1.82) is 0 Å². The van der Waals surface area contributed by atoms with Gasteiger partial charge in [-0.2, -0.15) is 0 Å². The number of hydrogen-bond acceptors (Lipinski definition) is 5. The van der Waals surface area contributed by atoms with Crippen molar-refractivity contribution in [3.8, 4) is 0 Å². The lowest BCUT2D eigenvalue weighted by molar-refractivity contribution is -0.142. The Morgan fingerprint density at radius 3 is 2.43 bits per heavy atom. The van der Waals surface area contributed by atoms with Crippen molar-refractivity contribution in [2.24, 2.45) is 5.73 Å². The molecule has 21 heavy (non-hydrogen) atoms. The normalized spacial score (nSPS) is 12.5. The van der Waals surface area contributed by atoms with Gasteiger partial charge in [-0.15, -0.1) is 0 Å². The van der Waals surface area contributed by atoms with Crippen LogP contribution in [0.1, 0.15) is 32.4 Å². The van der Waals surface area contributed by atoms with Crippen LogP contribution in [0.15, 0.2) is 18.2 Å². The summed E-state index contributed by atoms with van der Waals surface area (Å²) in [5, 5.41) is 2.77. The fourth-order valence-electron chi connectivity index (χ4n) is 1.50. The van der Waals surface area contributed by atoms with E-state index in [-0.39, 0.29) is 5.02 Å². The van der Waals surface area contributed by atoms with Gasteiger partial charge in [-0.3, -0.25) is 10.1 Å². The lowest BCUT2D eigenvalue weighted by atomic mass is 10.1. The molecule has 0 aliphatic heterocycles. The van der Waals surface area contributed by atoms with Crippen LogP contribution < -0.4 is 11.1 Å². The van der Waals surface area contributed by atoms with Crippen molar-refractivity contribution in [1.82, 2.24) is 0 Å². The van der Waals surface area contributed by atoms with E-state index in [0.29, 0.717) is 11.3 Å². The van der Waals surface area contributed by atoms with Gasteiger partial charge in [0.15, 0.2) is 0 Å². The smallest absolute Gasteiger partial charge is 0.412 e. The van der Waals surface area contributed by atoms with Crippen LogP contribution in [0.25, 0.3) is 0 Å². The Bertz CT molecular complexity index is 540. The first-order valence-electron chi connectivity index (χ1n) is 6.27. The van der Waals surface area contributed by atoms with Crippen molar-refractivity contribution in [2.75, 3.05) is 12.4 Å². The van der Waals surface area contributed by atoms with Crippen LogP contribution in [0.5, 0.6) is 0 Å². The van der Waals surface area contributed by atoms with Gasteiger partial charge in [0.2, 0.25) is 0 Å². The molecule has 1 rings (SSSR count). The Balaban J connectivity index is 2.84. The van der Waals surface area contributed by atoms with Gasteiger partial charge < -0.3 is 15.2 Å². The molecule has 0 aliphatic rings. The third kappa shape index (κ3) is 5.24. The molecular formula is C14H19ClN2O4. The summed E-state index contributed by atoms with van der Waals surface area (Å²) in [5.41, 5.74) is 5.95. The lowest BCUT2D eigenvalue weighted by Crippen LogP contribution is -2.27. The van der Waals surface area contributed by atoms with Crippen LogP contribution in [-0.2, 0) is 14.3 Å². The zero-order chi connectivity index (χ0) is 16.2. The maximum atomic E-state index is 11.7. The molecule has 7 heteroatoms. The number of nitrogens with one attached hydrogen (secondary N) is 1. The molecule has 6 nitrogen and oxygen atoms in total. The highest BCUT2D eigenvalue weighted by atomic mass is 35.5. The van der Waals surface area contributed by atoms with Gasteiger partial charge in [-0.1, -0.05) is 17.7 Å². The molecule has 0 bridgehead atoms. The molecule has 0 heterocycles. The molecule has 0 spiro atoms. The summed E-state index contributed by atoms with van der Waals surface area (Å²) < 4.78 is 9.68. The standard InChI is InChI=1S/C14H19ClN2O4/c1-14(2,3)21-13(19)17-10-6-5-8(7-9(10)15)11(16)12(18)20-4/h5-7,11H,16H2,1-4H3,(H,17,19). The summed E-state index contributed by atoms with van der Waals surface area (Å²) in [6.07, 6.45) is -0.616. The Morgan fingerprint density at radius 2 is 1.95 bits per heavy atom. The predicted molar refractivity (Wildman–Crippen MR) is 80.3 cm³/mol. The van der Waals surface area contributed by atoms with Crippen molar-refractivity contribution in [3.05, 3.63) is 28.8 Å². The number of carbonyl (C=O) groups excluding carboxylic acids is 2. The summed E-state index contributed by atoms with van der Waals surface area (Å²) in [4.78, 5) is 23.0. The summed E-state index contributed by atoms with van der Waals surface area (Å²) >= 11 is 6.06. The van der Waals surface area contributed by atoms with Gasteiger partial charge in [0, 0.05) is 0 Å². The highest BCUT2D eigenvalue weighted by molar-refractivity contribution is 6.33. The molecule has 3 N–H and O–H groups in total. The average molecular weight is 315 g/mol. The number of amides is 1. The molecule has 0 saturated heterocycles. The number of anilines is 1. The number of hydrogen-bond donors (Lipinski definition) is 2. The van der Waals surface area contributed by atoms with E-state index in [4.69, 9.17) is 22.1 Å². The van der Waals surface area contributed by atoms with E-state index in [9.17, 15) is 9.59 Å². The third-order valence-electron chi connectivity index (χ3n) is 2.44. The van der Waals surface area contributed by atoms with Crippen LogP contribution in [-0.4, -0.2) is 24.8 Å². The second kappa shape index (κ2) is 6.78. The van der Waals surface area contributed by atoms with Crippen molar-refractivity contribution >= 4 is 29.4 Å². The molecule has 0 aromatic heterocycles. The van der Waals surface area contributed by atoms with Gasteiger partial charge >= 0.3 is 12.1 Å². The summed E-state index contributed by atoms with van der Waals surface area (Å²) in [6.45, 7) is 5.27. The maximum absolute atomic E-state index is 11.7. The van der Waals surface area contributed by atoms with E-state index in [1.165, 1.54) is 13.2 Å². The Kier molecular flexibility index (Phi) is 5.57. The maximum Gasteiger partial charge on any atom is 0.412 e. The lowest BCUT2D eigenvalue weighted by Gasteiger charge is -2.20. The van der Waals surface area contributed by atoms with E-state index in [2.05, 4.69) is 10.1 Å². The second-order valence-corrected chi connectivity index (χ2v) is 5.77. The fraction of sp³-hybridized carbons (Fsp3) is 0.429. The third-order valence-corrected chi connectivity index (χ3v) is 2.76. The average Bonchev–Trinajstić information content (AvgIpc) is 2.37. The Hall–Kier alpha value is -1.79. The van der Waals surface area contributed by atoms with Crippen LogP contribution in [0.3, 0.4) is 0 Å². The fourth-order valence-corrected chi connectivity index (χ4v) is 1.74. The van der Waals surface area contributed by atoms with Gasteiger partial charge in [0.25, 0.3) is 0 Å². The molecule has 0 radical (unpaired) electrons. The number of methoxy groups -OCH3 is 1. The minimum Gasteiger partial charge on any atom is -0.468 e. The first kappa shape index (κ1) is 17.3. The molecule has 1 aromatic rings. The zero-order valence-corrected chi connectivity index (χ0v) is 13.2. The minimum absolute atomic E-state index is 0.248. The van der Waals surface area contributed by atoms with Crippen molar-refractivity contribution in [3.63, 3.8) is 0 Å². The number of nitrogens with two attached hydrogens (primary N) is 1. The molecule has 1 unspecified atom stereocenters. The number of esters is 1. The number of carbonyl (C=O) groups is 2. The van der Waals surface area contributed by atoms with E-state index in [1.54, 1.807) is 32.9 Å². The Morgan fingerprint density at radius 1 is 1.33 bits per heavy atom. The van der Waals surface area contributed by atoms with Crippen molar-refractivity contribution in [2.45, 2.75) is 32.4 Å². The molecule has 0 saturated carbocycles. The highest BCUT2D eigenvalue weighted by Crippen LogP contribution is 2.26. The zero-order valence-electron chi connectivity index (χ0n) is 12.4.